The number of carbonyl (C=O) groups is 2. The van der Waals surface area contributed by atoms with Gasteiger partial charge < -0.3 is 9.47 Å². The van der Waals surface area contributed by atoms with Gasteiger partial charge in [0.05, 0.1) is 12.7 Å². The molecular weight excluding hydrogens is 276 g/mol. The van der Waals surface area contributed by atoms with Crippen molar-refractivity contribution >= 4 is 27.9 Å². The van der Waals surface area contributed by atoms with Crippen molar-refractivity contribution in [2.45, 2.75) is 12.3 Å². The highest BCUT2D eigenvalue weighted by Crippen LogP contribution is 2.21. The van der Waals surface area contributed by atoms with Crippen molar-refractivity contribution in [2.24, 2.45) is 0 Å². The van der Waals surface area contributed by atoms with Gasteiger partial charge in [0.15, 0.2) is 0 Å². The molecule has 1 rings (SSSR count). The van der Waals surface area contributed by atoms with Gasteiger partial charge in [-0.2, -0.15) is 0 Å². The van der Waals surface area contributed by atoms with Crippen molar-refractivity contribution in [1.29, 1.82) is 0 Å². The minimum atomic E-state index is -0.413. The molecule has 0 fully saturated rings. The van der Waals surface area contributed by atoms with Gasteiger partial charge >= 0.3 is 11.9 Å². The Balaban J connectivity index is 3.06. The van der Waals surface area contributed by atoms with Gasteiger partial charge in [-0.15, -0.1) is 0 Å². The molecule has 5 heteroatoms. The van der Waals surface area contributed by atoms with Crippen molar-refractivity contribution in [3.8, 4) is 5.75 Å². The van der Waals surface area contributed by atoms with E-state index in [0.29, 0.717) is 22.2 Å². The van der Waals surface area contributed by atoms with Crippen molar-refractivity contribution in [3.63, 3.8) is 0 Å². The van der Waals surface area contributed by atoms with E-state index in [1.54, 1.807) is 18.2 Å². The summed E-state index contributed by atoms with van der Waals surface area (Å²) in [6, 6.07) is 4.75. The van der Waals surface area contributed by atoms with Crippen molar-refractivity contribution in [3.05, 3.63) is 29.3 Å². The molecule has 0 aliphatic heterocycles. The molecule has 86 valence electrons. The van der Waals surface area contributed by atoms with Crippen LogP contribution in [0.25, 0.3) is 0 Å². The van der Waals surface area contributed by atoms with Gasteiger partial charge in [-0.25, -0.2) is 4.79 Å². The molecule has 0 heterocycles. The molecule has 0 saturated carbocycles. The molecule has 0 aromatic heterocycles. The Morgan fingerprint density at radius 1 is 1.38 bits per heavy atom. The van der Waals surface area contributed by atoms with Crippen LogP contribution in [0.3, 0.4) is 0 Å². The fraction of sp³-hybridized carbons (Fsp3) is 0.273. The Morgan fingerprint density at radius 3 is 2.56 bits per heavy atom. The monoisotopic (exact) mass is 286 g/mol. The molecule has 0 aliphatic carbocycles. The summed E-state index contributed by atoms with van der Waals surface area (Å²) in [6.45, 7) is 1.32. The Morgan fingerprint density at radius 2 is 2.06 bits per heavy atom. The van der Waals surface area contributed by atoms with Gasteiger partial charge in [0.25, 0.3) is 0 Å². The minimum Gasteiger partial charge on any atom is -0.465 e. The molecule has 0 unspecified atom stereocenters. The fourth-order valence-electron chi connectivity index (χ4n) is 1.22. The second-order valence-electron chi connectivity index (χ2n) is 3.04. The number of methoxy groups -OCH3 is 1. The Kier molecular flexibility index (Phi) is 4.49. The van der Waals surface area contributed by atoms with E-state index in [9.17, 15) is 9.59 Å². The zero-order valence-electron chi connectivity index (χ0n) is 8.95. The summed E-state index contributed by atoms with van der Waals surface area (Å²) in [5.74, 6) is -0.398. The Labute approximate surface area is 102 Å². The number of esters is 2. The van der Waals surface area contributed by atoms with E-state index in [-0.39, 0.29) is 0 Å². The summed E-state index contributed by atoms with van der Waals surface area (Å²) in [4.78, 5) is 22.1. The lowest BCUT2D eigenvalue weighted by atomic mass is 10.1. The van der Waals surface area contributed by atoms with E-state index in [0.717, 1.165) is 0 Å². The largest absolute Gasteiger partial charge is 0.465 e. The first kappa shape index (κ1) is 12.7. The molecule has 1 aromatic rings. The number of halogens is 1. The van der Waals surface area contributed by atoms with Crippen LogP contribution in [0, 0.1) is 0 Å². The number of hydrogen-bond acceptors (Lipinski definition) is 4. The van der Waals surface area contributed by atoms with Crippen LogP contribution < -0.4 is 4.74 Å². The van der Waals surface area contributed by atoms with Gasteiger partial charge in [-0.3, -0.25) is 4.79 Å². The zero-order valence-corrected chi connectivity index (χ0v) is 10.5. The molecule has 0 saturated heterocycles. The third-order valence-electron chi connectivity index (χ3n) is 1.89. The summed E-state index contributed by atoms with van der Waals surface area (Å²) in [5.41, 5.74) is 1.17. The molecule has 16 heavy (non-hydrogen) atoms. The summed E-state index contributed by atoms with van der Waals surface area (Å²) < 4.78 is 9.55. The van der Waals surface area contributed by atoms with Gasteiger partial charge in [0.1, 0.15) is 5.75 Å². The maximum atomic E-state index is 11.4. The smallest absolute Gasteiger partial charge is 0.338 e. The van der Waals surface area contributed by atoms with Crippen LogP contribution >= 0.6 is 15.9 Å². The average molecular weight is 287 g/mol. The summed E-state index contributed by atoms with van der Waals surface area (Å²) in [5, 5.41) is 0.479. The number of carbonyl (C=O) groups excluding carboxylic acids is 2. The number of hydrogen-bond donors (Lipinski definition) is 0. The molecule has 0 aliphatic rings. The van der Waals surface area contributed by atoms with Gasteiger partial charge in [-0.1, -0.05) is 15.9 Å². The third kappa shape index (κ3) is 3.06. The standard InChI is InChI=1S/C11H11BrO4/c1-7(13)16-9-3-4-10(11(14)15-2)8(5-9)6-12/h3-5H,6H2,1-2H3. The predicted molar refractivity (Wildman–Crippen MR) is 61.7 cm³/mol. The van der Waals surface area contributed by atoms with Crippen LogP contribution in [0.2, 0.25) is 0 Å². The average Bonchev–Trinajstić information content (AvgIpc) is 2.27. The van der Waals surface area contributed by atoms with Gasteiger partial charge in [0.2, 0.25) is 0 Å². The van der Waals surface area contributed by atoms with E-state index in [1.807, 2.05) is 0 Å². The second kappa shape index (κ2) is 5.65. The number of ether oxygens (including phenoxy) is 2. The SMILES string of the molecule is COC(=O)c1ccc(OC(C)=O)cc1CBr. The third-order valence-corrected chi connectivity index (χ3v) is 2.49. The topological polar surface area (TPSA) is 52.6 Å². The van der Waals surface area contributed by atoms with Gasteiger partial charge in [-0.05, 0) is 23.8 Å². The van der Waals surface area contributed by atoms with E-state index >= 15 is 0 Å². The molecule has 0 bridgehead atoms. The van der Waals surface area contributed by atoms with E-state index in [1.165, 1.54) is 14.0 Å². The molecular formula is C11H11BrO4. The lowest BCUT2D eigenvalue weighted by molar-refractivity contribution is -0.131. The van der Waals surface area contributed by atoms with Crippen molar-refractivity contribution < 1.29 is 19.1 Å². The van der Waals surface area contributed by atoms with Crippen LogP contribution in [0.1, 0.15) is 22.8 Å². The normalized spacial score (nSPS) is 9.69. The fourth-order valence-corrected chi connectivity index (χ4v) is 1.68. The van der Waals surface area contributed by atoms with Crippen LogP contribution in [-0.4, -0.2) is 19.0 Å². The molecule has 1 aromatic carbocycles. The van der Waals surface area contributed by atoms with E-state index in [4.69, 9.17) is 4.74 Å². The summed E-state index contributed by atoms with van der Waals surface area (Å²) in [7, 11) is 1.32. The maximum Gasteiger partial charge on any atom is 0.338 e. The Bertz CT molecular complexity index is 414. The van der Waals surface area contributed by atoms with E-state index < -0.39 is 11.9 Å². The number of alkyl halides is 1. The highest BCUT2D eigenvalue weighted by Gasteiger charge is 2.12. The second-order valence-corrected chi connectivity index (χ2v) is 3.60. The first-order valence-corrected chi connectivity index (χ1v) is 5.66. The minimum absolute atomic E-state index is 0.397. The highest BCUT2D eigenvalue weighted by molar-refractivity contribution is 9.08. The molecule has 0 atom stereocenters. The Hall–Kier alpha value is -1.36. The first-order chi connectivity index (χ1) is 7.58. The quantitative estimate of drug-likeness (QED) is 0.486. The van der Waals surface area contributed by atoms with Gasteiger partial charge in [0, 0.05) is 12.3 Å². The van der Waals surface area contributed by atoms with Crippen LogP contribution in [0.15, 0.2) is 18.2 Å². The van der Waals surface area contributed by atoms with Crippen LogP contribution in [0.4, 0.5) is 0 Å². The van der Waals surface area contributed by atoms with Crippen molar-refractivity contribution in [2.75, 3.05) is 7.11 Å². The zero-order chi connectivity index (χ0) is 12.1. The maximum absolute atomic E-state index is 11.4. The van der Waals surface area contributed by atoms with Crippen LogP contribution in [0.5, 0.6) is 5.75 Å². The number of rotatable bonds is 3. The molecule has 0 radical (unpaired) electrons. The molecule has 0 N–H and O–H groups in total. The predicted octanol–water partition coefficient (Wildman–Crippen LogP) is 2.29. The highest BCUT2D eigenvalue weighted by atomic mass is 79.9. The molecule has 0 spiro atoms. The lowest BCUT2D eigenvalue weighted by Crippen LogP contribution is -2.06. The first-order valence-electron chi connectivity index (χ1n) is 4.54. The van der Waals surface area contributed by atoms with Crippen molar-refractivity contribution in [1.82, 2.24) is 0 Å². The summed E-state index contributed by atoms with van der Waals surface area (Å²) in [6.07, 6.45) is 0. The number of benzene rings is 1. The summed E-state index contributed by atoms with van der Waals surface area (Å²) >= 11 is 3.26. The molecule has 0 amide bonds. The molecule has 4 nitrogen and oxygen atoms in total. The lowest BCUT2D eigenvalue weighted by Gasteiger charge is -2.07. The van der Waals surface area contributed by atoms with Crippen LogP contribution in [-0.2, 0) is 14.9 Å². The van der Waals surface area contributed by atoms with E-state index in [2.05, 4.69) is 20.7 Å².